The second kappa shape index (κ2) is 6.51. The predicted molar refractivity (Wildman–Crippen MR) is 65.7 cm³/mol. The molecule has 0 fully saturated rings. The molecule has 2 atom stereocenters. The van der Waals surface area contributed by atoms with Crippen molar-refractivity contribution in [2.75, 3.05) is 13.2 Å². The molecule has 16 heavy (non-hydrogen) atoms. The van der Waals surface area contributed by atoms with E-state index in [1.807, 2.05) is 38.1 Å². The van der Waals surface area contributed by atoms with Crippen LogP contribution >= 0.6 is 0 Å². The topological polar surface area (TPSA) is 55.5 Å². The maximum Gasteiger partial charge on any atom is 0.119 e. The monoisotopic (exact) mass is 223 g/mol. The number of rotatable bonds is 6. The lowest BCUT2D eigenvalue weighted by atomic mass is 9.90. The zero-order valence-electron chi connectivity index (χ0n) is 10.0. The van der Waals surface area contributed by atoms with Crippen molar-refractivity contribution in [2.24, 2.45) is 5.73 Å². The molecule has 0 radical (unpaired) electrons. The molecule has 0 saturated carbocycles. The Bertz CT molecular complexity index is 295. The number of aliphatic hydroxyl groups is 1. The Morgan fingerprint density at radius 2 is 1.94 bits per heavy atom. The van der Waals surface area contributed by atoms with Crippen molar-refractivity contribution in [3.63, 3.8) is 0 Å². The van der Waals surface area contributed by atoms with Crippen LogP contribution in [-0.2, 0) is 0 Å². The van der Waals surface area contributed by atoms with E-state index in [1.54, 1.807) is 0 Å². The van der Waals surface area contributed by atoms with Crippen molar-refractivity contribution in [3.05, 3.63) is 29.8 Å². The van der Waals surface area contributed by atoms with Gasteiger partial charge in [-0.1, -0.05) is 12.1 Å². The Morgan fingerprint density at radius 1 is 1.31 bits per heavy atom. The Labute approximate surface area is 97.2 Å². The summed E-state index contributed by atoms with van der Waals surface area (Å²) in [6.07, 6.45) is 0.700. The Kier molecular flexibility index (Phi) is 5.29. The summed E-state index contributed by atoms with van der Waals surface area (Å²) in [5.74, 6) is 1.08. The van der Waals surface area contributed by atoms with Crippen LogP contribution in [0.5, 0.6) is 5.75 Å². The van der Waals surface area contributed by atoms with E-state index in [4.69, 9.17) is 15.6 Å². The van der Waals surface area contributed by atoms with Crippen LogP contribution in [0, 0.1) is 0 Å². The van der Waals surface area contributed by atoms with Gasteiger partial charge in [0.1, 0.15) is 5.75 Å². The maximum atomic E-state index is 9.01. The van der Waals surface area contributed by atoms with Crippen LogP contribution < -0.4 is 10.5 Å². The minimum atomic E-state index is 0.0464. The Hall–Kier alpha value is -1.06. The van der Waals surface area contributed by atoms with Gasteiger partial charge in [-0.25, -0.2) is 0 Å². The van der Waals surface area contributed by atoms with Gasteiger partial charge in [-0.2, -0.15) is 0 Å². The molecule has 0 spiro atoms. The van der Waals surface area contributed by atoms with E-state index in [2.05, 4.69) is 0 Å². The largest absolute Gasteiger partial charge is 0.494 e. The third kappa shape index (κ3) is 3.51. The molecule has 0 saturated heterocycles. The number of aliphatic hydroxyl groups excluding tert-OH is 1. The van der Waals surface area contributed by atoms with Crippen LogP contribution in [0.15, 0.2) is 24.3 Å². The van der Waals surface area contributed by atoms with E-state index in [1.165, 1.54) is 0 Å². The summed E-state index contributed by atoms with van der Waals surface area (Å²) in [7, 11) is 0. The van der Waals surface area contributed by atoms with E-state index in [0.29, 0.717) is 13.0 Å². The van der Waals surface area contributed by atoms with Crippen LogP contribution in [-0.4, -0.2) is 24.4 Å². The summed E-state index contributed by atoms with van der Waals surface area (Å²) in [6, 6.07) is 7.99. The SMILES string of the molecule is CCOc1ccc(C(CCO)C(C)N)cc1. The fourth-order valence-corrected chi connectivity index (χ4v) is 1.85. The van der Waals surface area contributed by atoms with Gasteiger partial charge in [0.2, 0.25) is 0 Å². The Morgan fingerprint density at radius 3 is 2.38 bits per heavy atom. The highest BCUT2D eigenvalue weighted by Gasteiger charge is 2.15. The first-order chi connectivity index (χ1) is 7.69. The molecular weight excluding hydrogens is 202 g/mol. The van der Waals surface area contributed by atoms with Gasteiger partial charge in [-0.05, 0) is 38.0 Å². The molecule has 0 aliphatic carbocycles. The van der Waals surface area contributed by atoms with E-state index >= 15 is 0 Å². The van der Waals surface area contributed by atoms with Crippen LogP contribution in [0.3, 0.4) is 0 Å². The molecule has 2 unspecified atom stereocenters. The fourth-order valence-electron chi connectivity index (χ4n) is 1.85. The molecule has 1 aromatic carbocycles. The van der Waals surface area contributed by atoms with Crippen molar-refractivity contribution in [1.29, 1.82) is 0 Å². The van der Waals surface area contributed by atoms with Gasteiger partial charge in [-0.15, -0.1) is 0 Å². The van der Waals surface area contributed by atoms with Gasteiger partial charge in [0.05, 0.1) is 6.61 Å². The normalized spacial score (nSPS) is 14.5. The van der Waals surface area contributed by atoms with Gasteiger partial charge >= 0.3 is 0 Å². The summed E-state index contributed by atoms with van der Waals surface area (Å²) in [4.78, 5) is 0. The summed E-state index contributed by atoms with van der Waals surface area (Å²) in [6.45, 7) is 4.77. The van der Waals surface area contributed by atoms with Crippen molar-refractivity contribution in [3.8, 4) is 5.75 Å². The predicted octanol–water partition coefficient (Wildman–Crippen LogP) is 1.90. The van der Waals surface area contributed by atoms with E-state index < -0.39 is 0 Å². The van der Waals surface area contributed by atoms with Gasteiger partial charge in [0.25, 0.3) is 0 Å². The standard InChI is InChI=1S/C13H21NO2/c1-3-16-12-6-4-11(5-7-12)13(8-9-15)10(2)14/h4-7,10,13,15H,3,8-9,14H2,1-2H3. The first-order valence-corrected chi connectivity index (χ1v) is 5.78. The maximum absolute atomic E-state index is 9.01. The zero-order chi connectivity index (χ0) is 12.0. The molecule has 0 aliphatic rings. The number of hydrogen-bond donors (Lipinski definition) is 2. The molecule has 0 amide bonds. The van der Waals surface area contributed by atoms with Crippen LogP contribution in [0.4, 0.5) is 0 Å². The number of ether oxygens (including phenoxy) is 1. The average Bonchev–Trinajstić information content (AvgIpc) is 2.27. The third-order valence-corrected chi connectivity index (χ3v) is 2.69. The summed E-state index contributed by atoms with van der Waals surface area (Å²) >= 11 is 0. The fraction of sp³-hybridized carbons (Fsp3) is 0.538. The minimum absolute atomic E-state index is 0.0464. The number of nitrogens with two attached hydrogens (primary N) is 1. The van der Waals surface area contributed by atoms with E-state index in [-0.39, 0.29) is 18.6 Å². The summed E-state index contributed by atoms with van der Waals surface area (Å²) < 4.78 is 5.38. The number of hydrogen-bond acceptors (Lipinski definition) is 3. The minimum Gasteiger partial charge on any atom is -0.494 e. The van der Waals surface area contributed by atoms with Crippen LogP contribution in [0.25, 0.3) is 0 Å². The second-order valence-electron chi connectivity index (χ2n) is 3.98. The van der Waals surface area contributed by atoms with Crippen molar-refractivity contribution < 1.29 is 9.84 Å². The number of benzene rings is 1. The average molecular weight is 223 g/mol. The van der Waals surface area contributed by atoms with Crippen molar-refractivity contribution in [1.82, 2.24) is 0 Å². The molecular formula is C13H21NO2. The second-order valence-corrected chi connectivity index (χ2v) is 3.98. The van der Waals surface area contributed by atoms with Crippen LogP contribution in [0.1, 0.15) is 31.7 Å². The Balaban J connectivity index is 2.77. The molecule has 0 heterocycles. The molecule has 0 bridgehead atoms. The molecule has 0 aromatic heterocycles. The van der Waals surface area contributed by atoms with E-state index in [0.717, 1.165) is 11.3 Å². The van der Waals surface area contributed by atoms with Crippen molar-refractivity contribution in [2.45, 2.75) is 32.2 Å². The highest BCUT2D eigenvalue weighted by atomic mass is 16.5. The summed E-state index contributed by atoms with van der Waals surface area (Å²) in [5, 5.41) is 9.01. The first-order valence-electron chi connectivity index (χ1n) is 5.78. The quantitative estimate of drug-likeness (QED) is 0.774. The first kappa shape index (κ1) is 13.0. The lowest BCUT2D eigenvalue weighted by Crippen LogP contribution is -2.25. The molecule has 3 N–H and O–H groups in total. The molecule has 3 nitrogen and oxygen atoms in total. The highest BCUT2D eigenvalue weighted by molar-refractivity contribution is 5.30. The van der Waals surface area contributed by atoms with Crippen LogP contribution in [0.2, 0.25) is 0 Å². The van der Waals surface area contributed by atoms with E-state index in [9.17, 15) is 0 Å². The zero-order valence-corrected chi connectivity index (χ0v) is 10.0. The lowest BCUT2D eigenvalue weighted by Gasteiger charge is -2.20. The third-order valence-electron chi connectivity index (χ3n) is 2.69. The molecule has 1 rings (SSSR count). The smallest absolute Gasteiger partial charge is 0.119 e. The van der Waals surface area contributed by atoms with Gasteiger partial charge in [-0.3, -0.25) is 0 Å². The van der Waals surface area contributed by atoms with Gasteiger partial charge in [0.15, 0.2) is 0 Å². The molecule has 90 valence electrons. The highest BCUT2D eigenvalue weighted by Crippen LogP contribution is 2.24. The lowest BCUT2D eigenvalue weighted by molar-refractivity contribution is 0.269. The summed E-state index contributed by atoms with van der Waals surface area (Å²) in [5.41, 5.74) is 7.07. The molecule has 0 aliphatic heterocycles. The molecule has 1 aromatic rings. The molecule has 3 heteroatoms. The van der Waals surface area contributed by atoms with Gasteiger partial charge in [0, 0.05) is 18.6 Å². The van der Waals surface area contributed by atoms with Gasteiger partial charge < -0.3 is 15.6 Å². The van der Waals surface area contributed by atoms with Crippen molar-refractivity contribution >= 4 is 0 Å².